The van der Waals surface area contributed by atoms with E-state index in [1.165, 1.54) is 33.0 Å². The highest BCUT2D eigenvalue weighted by atomic mass is 14.1. The number of aryl methyl sites for hydroxylation is 2. The lowest BCUT2D eigenvalue weighted by Gasteiger charge is -2.14. The minimum atomic E-state index is 1.03. The van der Waals surface area contributed by atoms with Crippen molar-refractivity contribution in [3.63, 3.8) is 0 Å². The second-order valence-corrected chi connectivity index (χ2v) is 4.66. The van der Waals surface area contributed by atoms with E-state index in [1.54, 1.807) is 0 Å². The summed E-state index contributed by atoms with van der Waals surface area (Å²) in [5.74, 6) is 0. The smallest absolute Gasteiger partial charge is 0.0146 e. The van der Waals surface area contributed by atoms with Crippen LogP contribution >= 0.6 is 0 Å². The predicted octanol–water partition coefficient (Wildman–Crippen LogP) is 4.89. The van der Waals surface area contributed by atoms with Crippen LogP contribution in [0.25, 0.3) is 22.9 Å². The van der Waals surface area contributed by atoms with E-state index in [0.717, 1.165) is 6.42 Å². The summed E-state index contributed by atoms with van der Waals surface area (Å²) in [4.78, 5) is 0. The van der Waals surface area contributed by atoms with Gasteiger partial charge in [0.2, 0.25) is 0 Å². The summed E-state index contributed by atoms with van der Waals surface area (Å²) < 4.78 is 0. The van der Waals surface area contributed by atoms with Crippen molar-refractivity contribution >= 4 is 22.9 Å². The van der Waals surface area contributed by atoms with Gasteiger partial charge < -0.3 is 0 Å². The molecule has 3 rings (SSSR count). The fourth-order valence-corrected chi connectivity index (χ4v) is 2.71. The molecule has 0 aromatic heterocycles. The Kier molecular flexibility index (Phi) is 2.36. The van der Waals surface area contributed by atoms with Crippen molar-refractivity contribution in [3.05, 3.63) is 58.7 Å². The van der Waals surface area contributed by atoms with Crippen LogP contribution in [0, 0.1) is 13.8 Å². The lowest BCUT2D eigenvalue weighted by atomic mass is 9.90. The Bertz CT molecular complexity index is 586. The van der Waals surface area contributed by atoms with Gasteiger partial charge in [0, 0.05) is 0 Å². The monoisotopic (exact) mass is 220 g/mol. The summed E-state index contributed by atoms with van der Waals surface area (Å²) in [6, 6.07) is 8.69. The van der Waals surface area contributed by atoms with Crippen LogP contribution in [0.15, 0.2) is 36.4 Å². The summed E-state index contributed by atoms with van der Waals surface area (Å²) in [5.41, 5.74) is 5.55. The summed E-state index contributed by atoms with van der Waals surface area (Å²) in [5, 5.41) is 2.76. The summed E-state index contributed by atoms with van der Waals surface area (Å²) >= 11 is 0. The first-order valence-electron chi connectivity index (χ1n) is 6.14. The Labute approximate surface area is 102 Å². The van der Waals surface area contributed by atoms with E-state index in [1.807, 2.05) is 0 Å². The number of allylic oxidation sites excluding steroid dienone is 2. The molecule has 0 saturated carbocycles. The number of benzene rings is 2. The molecule has 0 aliphatic heterocycles. The first-order chi connectivity index (χ1) is 8.29. The predicted molar refractivity (Wildman–Crippen MR) is 76.1 cm³/mol. The van der Waals surface area contributed by atoms with Crippen molar-refractivity contribution in [1.29, 1.82) is 0 Å². The molecule has 84 valence electrons. The Morgan fingerprint density at radius 3 is 1.71 bits per heavy atom. The molecule has 0 atom stereocenters. The van der Waals surface area contributed by atoms with Gasteiger partial charge in [0.25, 0.3) is 0 Å². The van der Waals surface area contributed by atoms with Crippen LogP contribution in [0.1, 0.15) is 28.7 Å². The van der Waals surface area contributed by atoms with E-state index in [4.69, 9.17) is 0 Å². The van der Waals surface area contributed by atoms with Crippen LogP contribution in [-0.2, 0) is 0 Å². The molecule has 1 aliphatic rings. The van der Waals surface area contributed by atoms with E-state index >= 15 is 0 Å². The van der Waals surface area contributed by atoms with E-state index in [9.17, 15) is 0 Å². The van der Waals surface area contributed by atoms with Crippen LogP contribution in [0.2, 0.25) is 0 Å². The molecule has 0 spiro atoms. The van der Waals surface area contributed by atoms with Gasteiger partial charge in [0.15, 0.2) is 0 Å². The molecular weight excluding hydrogens is 204 g/mol. The van der Waals surface area contributed by atoms with Crippen LogP contribution in [-0.4, -0.2) is 0 Å². The molecule has 1 aliphatic carbocycles. The van der Waals surface area contributed by atoms with Gasteiger partial charge in [-0.1, -0.05) is 48.6 Å². The number of hydrogen-bond donors (Lipinski definition) is 0. The molecule has 0 saturated heterocycles. The molecule has 0 unspecified atom stereocenters. The molecule has 0 heteroatoms. The molecule has 0 nitrogen and oxygen atoms in total. The average molecular weight is 220 g/mol. The SMILES string of the molecule is Cc1c2c(c(C)c3ccccc13)C=CCC=C2. The van der Waals surface area contributed by atoms with Gasteiger partial charge in [-0.25, -0.2) is 0 Å². The maximum atomic E-state index is 2.27. The van der Waals surface area contributed by atoms with E-state index in [2.05, 4.69) is 62.4 Å². The van der Waals surface area contributed by atoms with Crippen molar-refractivity contribution in [2.45, 2.75) is 20.3 Å². The molecule has 0 bridgehead atoms. The van der Waals surface area contributed by atoms with Crippen molar-refractivity contribution in [1.82, 2.24) is 0 Å². The third kappa shape index (κ3) is 1.52. The molecular formula is C17H16. The highest BCUT2D eigenvalue weighted by molar-refractivity contribution is 5.95. The van der Waals surface area contributed by atoms with Crippen molar-refractivity contribution in [3.8, 4) is 0 Å². The van der Waals surface area contributed by atoms with Gasteiger partial charge in [-0.3, -0.25) is 0 Å². The molecule has 0 fully saturated rings. The van der Waals surface area contributed by atoms with Crippen LogP contribution in [0.4, 0.5) is 0 Å². The second-order valence-electron chi connectivity index (χ2n) is 4.66. The summed E-state index contributed by atoms with van der Waals surface area (Å²) in [7, 11) is 0. The van der Waals surface area contributed by atoms with Crippen molar-refractivity contribution in [2.75, 3.05) is 0 Å². The average Bonchev–Trinajstić information content (AvgIpc) is 2.62. The normalized spacial score (nSPS) is 13.8. The van der Waals surface area contributed by atoms with Crippen molar-refractivity contribution in [2.24, 2.45) is 0 Å². The Morgan fingerprint density at radius 2 is 1.24 bits per heavy atom. The summed E-state index contributed by atoms with van der Waals surface area (Å²) in [6.07, 6.45) is 10.0. The topological polar surface area (TPSA) is 0 Å². The van der Waals surface area contributed by atoms with Gasteiger partial charge in [-0.2, -0.15) is 0 Å². The third-order valence-electron chi connectivity index (χ3n) is 3.67. The van der Waals surface area contributed by atoms with Gasteiger partial charge in [-0.15, -0.1) is 0 Å². The van der Waals surface area contributed by atoms with E-state index in [0.29, 0.717) is 0 Å². The molecule has 0 N–H and O–H groups in total. The zero-order chi connectivity index (χ0) is 11.8. The Balaban J connectivity index is 2.51. The molecule has 0 amide bonds. The zero-order valence-corrected chi connectivity index (χ0v) is 10.3. The van der Waals surface area contributed by atoms with Crippen LogP contribution in [0.3, 0.4) is 0 Å². The van der Waals surface area contributed by atoms with Crippen LogP contribution < -0.4 is 0 Å². The molecule has 2 aromatic rings. The zero-order valence-electron chi connectivity index (χ0n) is 10.3. The van der Waals surface area contributed by atoms with Gasteiger partial charge >= 0.3 is 0 Å². The molecule has 0 heterocycles. The second kappa shape index (κ2) is 3.89. The lowest BCUT2D eigenvalue weighted by Crippen LogP contribution is -1.93. The number of hydrogen-bond acceptors (Lipinski definition) is 0. The molecule has 0 radical (unpaired) electrons. The first-order valence-corrected chi connectivity index (χ1v) is 6.14. The Morgan fingerprint density at radius 1 is 0.765 bits per heavy atom. The van der Waals surface area contributed by atoms with Gasteiger partial charge in [0.1, 0.15) is 0 Å². The van der Waals surface area contributed by atoms with Gasteiger partial charge in [-0.05, 0) is 53.3 Å². The quantitative estimate of drug-likeness (QED) is 0.593. The summed E-state index contributed by atoms with van der Waals surface area (Å²) in [6.45, 7) is 4.45. The highest BCUT2D eigenvalue weighted by Crippen LogP contribution is 2.32. The minimum absolute atomic E-state index is 1.03. The Hall–Kier alpha value is -1.82. The van der Waals surface area contributed by atoms with Gasteiger partial charge in [0.05, 0.1) is 0 Å². The van der Waals surface area contributed by atoms with Crippen molar-refractivity contribution < 1.29 is 0 Å². The largest absolute Gasteiger partial charge is 0.0801 e. The number of rotatable bonds is 0. The minimum Gasteiger partial charge on any atom is -0.0801 e. The lowest BCUT2D eigenvalue weighted by molar-refractivity contribution is 1.41. The highest BCUT2D eigenvalue weighted by Gasteiger charge is 2.11. The first kappa shape index (κ1) is 10.3. The fraction of sp³-hybridized carbons (Fsp3) is 0.176. The van der Waals surface area contributed by atoms with E-state index in [-0.39, 0.29) is 0 Å². The maximum Gasteiger partial charge on any atom is -0.0146 e. The molecule has 17 heavy (non-hydrogen) atoms. The van der Waals surface area contributed by atoms with Crippen LogP contribution in [0.5, 0.6) is 0 Å². The standard InChI is InChI=1S/C17H16/c1-12-14-8-4-3-5-9-15(14)13(2)17-11-7-6-10-16(12)17/h4-11H,3H2,1-2H3. The molecule has 2 aromatic carbocycles. The number of fused-ring (bicyclic) bond motifs is 2. The fourth-order valence-electron chi connectivity index (χ4n) is 2.71. The van der Waals surface area contributed by atoms with E-state index < -0.39 is 0 Å². The third-order valence-corrected chi connectivity index (χ3v) is 3.67. The maximum absolute atomic E-state index is 2.27.